The van der Waals surface area contributed by atoms with Gasteiger partial charge in [0, 0.05) is 16.5 Å². The van der Waals surface area contributed by atoms with E-state index < -0.39 is 0 Å². The largest absolute Gasteiger partial charge is 0.310 e. The summed E-state index contributed by atoms with van der Waals surface area (Å²) in [5.41, 5.74) is 11.7. The number of hydrogen-bond donors (Lipinski definition) is 0. The Morgan fingerprint density at radius 3 is 1.47 bits per heavy atom. The molecule has 1 aliphatic carbocycles. The molecule has 1 aliphatic heterocycles. The molecule has 1 heterocycles. The predicted molar refractivity (Wildman–Crippen MR) is 201 cm³/mol. The van der Waals surface area contributed by atoms with Gasteiger partial charge in [-0.1, -0.05) is 143 Å². The summed E-state index contributed by atoms with van der Waals surface area (Å²) in [6, 6.07) is 52.3. The maximum atomic E-state index is 2.49. The lowest BCUT2D eigenvalue weighted by atomic mass is 9.73. The van der Waals surface area contributed by atoms with Gasteiger partial charge in [0.25, 0.3) is 0 Å². The maximum Gasteiger partial charge on any atom is 0.0502 e. The molecule has 0 radical (unpaired) electrons. The Labute approximate surface area is 275 Å². The van der Waals surface area contributed by atoms with Gasteiger partial charge in [0.2, 0.25) is 0 Å². The zero-order valence-corrected chi connectivity index (χ0v) is 27.2. The van der Waals surface area contributed by atoms with E-state index in [0.29, 0.717) is 0 Å². The Bertz CT molecular complexity index is 2590. The number of rotatable bonds is 1. The van der Waals surface area contributed by atoms with Crippen molar-refractivity contribution in [2.75, 3.05) is 4.90 Å². The number of nitrogens with zero attached hydrogens (tertiary/aromatic N) is 1. The summed E-state index contributed by atoms with van der Waals surface area (Å²) in [6.45, 7) is 9.60. The van der Waals surface area contributed by atoms with E-state index in [1.165, 1.54) is 93.5 Å². The highest BCUT2D eigenvalue weighted by atomic mass is 15.2. The van der Waals surface area contributed by atoms with Crippen molar-refractivity contribution in [3.05, 3.63) is 162 Å². The lowest BCUT2D eigenvalue weighted by Crippen LogP contribution is -2.30. The summed E-state index contributed by atoms with van der Waals surface area (Å²) < 4.78 is 0. The Morgan fingerprint density at radius 2 is 0.872 bits per heavy atom. The average molecular weight is 602 g/mol. The summed E-state index contributed by atoms with van der Waals surface area (Å²) >= 11 is 0. The number of para-hydroxylation sites is 2. The molecule has 0 unspecified atom stereocenters. The van der Waals surface area contributed by atoms with E-state index >= 15 is 0 Å². The first kappa shape index (κ1) is 26.8. The van der Waals surface area contributed by atoms with Crippen molar-refractivity contribution >= 4 is 60.2 Å². The monoisotopic (exact) mass is 601 g/mol. The van der Waals surface area contributed by atoms with Crippen LogP contribution in [0, 0.1) is 0 Å². The number of anilines is 3. The van der Waals surface area contributed by atoms with Crippen LogP contribution in [0.2, 0.25) is 0 Å². The molecule has 2 aliphatic rings. The molecule has 0 spiro atoms. The maximum absolute atomic E-state index is 2.49. The van der Waals surface area contributed by atoms with Gasteiger partial charge in [0.05, 0.1) is 11.4 Å². The molecule has 47 heavy (non-hydrogen) atoms. The van der Waals surface area contributed by atoms with Crippen LogP contribution in [0.4, 0.5) is 17.1 Å². The molecule has 1 nitrogen and oxygen atoms in total. The van der Waals surface area contributed by atoms with E-state index in [1.807, 2.05) is 0 Å². The van der Waals surface area contributed by atoms with Crippen molar-refractivity contribution in [3.63, 3.8) is 0 Å². The standard InChI is InChI=1S/C46H35N/c1-45(2)36-21-11-13-23-39(36)47(40-24-14-12-22-37(40)45)28-25-26-35-38(27-28)46(3,4)44-42(35)34-20-10-9-19-33(34)41-31-17-7-5-15-29(31)30-16-6-8-18-32(30)43(41)44/h5-27H,1-4H3. The van der Waals surface area contributed by atoms with Crippen LogP contribution in [0.25, 0.3) is 54.2 Å². The Morgan fingerprint density at radius 1 is 0.404 bits per heavy atom. The van der Waals surface area contributed by atoms with Crippen LogP contribution in [0.5, 0.6) is 0 Å². The third kappa shape index (κ3) is 3.34. The lowest BCUT2D eigenvalue weighted by Gasteiger charge is -2.42. The van der Waals surface area contributed by atoms with Gasteiger partial charge in [-0.25, -0.2) is 0 Å². The minimum atomic E-state index is -0.220. The van der Waals surface area contributed by atoms with Crippen LogP contribution < -0.4 is 4.90 Å². The van der Waals surface area contributed by atoms with E-state index in [-0.39, 0.29) is 10.8 Å². The van der Waals surface area contributed by atoms with E-state index in [2.05, 4.69) is 172 Å². The molecule has 0 saturated carbocycles. The first-order valence-electron chi connectivity index (χ1n) is 16.8. The molecule has 0 bridgehead atoms. The van der Waals surface area contributed by atoms with E-state index in [4.69, 9.17) is 0 Å². The molecule has 0 saturated heterocycles. The number of benzene rings is 8. The first-order valence-corrected chi connectivity index (χ1v) is 16.8. The molecule has 0 aromatic heterocycles. The molecule has 8 aromatic rings. The zero-order chi connectivity index (χ0) is 31.7. The highest BCUT2D eigenvalue weighted by Gasteiger charge is 2.41. The van der Waals surface area contributed by atoms with Crippen molar-refractivity contribution < 1.29 is 0 Å². The Kier molecular flexibility index (Phi) is 5.19. The van der Waals surface area contributed by atoms with Crippen LogP contribution >= 0.6 is 0 Å². The van der Waals surface area contributed by atoms with E-state index in [9.17, 15) is 0 Å². The van der Waals surface area contributed by atoms with Crippen LogP contribution in [-0.4, -0.2) is 0 Å². The molecule has 1 heteroatoms. The van der Waals surface area contributed by atoms with Crippen molar-refractivity contribution in [1.82, 2.24) is 0 Å². The molecule has 0 atom stereocenters. The van der Waals surface area contributed by atoms with Gasteiger partial charge in [-0.3, -0.25) is 0 Å². The van der Waals surface area contributed by atoms with Crippen LogP contribution in [0.3, 0.4) is 0 Å². The quantitative estimate of drug-likeness (QED) is 0.169. The zero-order valence-electron chi connectivity index (χ0n) is 27.2. The summed E-state index contributed by atoms with van der Waals surface area (Å²) in [6.07, 6.45) is 0. The molecular weight excluding hydrogens is 567 g/mol. The van der Waals surface area contributed by atoms with Crippen LogP contribution in [0.15, 0.2) is 140 Å². The molecule has 0 fully saturated rings. The van der Waals surface area contributed by atoms with Gasteiger partial charge in [0.15, 0.2) is 0 Å². The third-order valence-electron chi connectivity index (χ3n) is 11.4. The van der Waals surface area contributed by atoms with Crippen molar-refractivity contribution in [3.8, 4) is 11.1 Å². The van der Waals surface area contributed by atoms with Gasteiger partial charge in [-0.05, 0) is 101 Å². The molecule has 10 rings (SSSR count). The lowest BCUT2D eigenvalue weighted by molar-refractivity contribution is 0.631. The molecule has 8 aromatic carbocycles. The second-order valence-electron chi connectivity index (χ2n) is 14.5. The summed E-state index contributed by atoms with van der Waals surface area (Å²) in [4.78, 5) is 2.49. The fourth-order valence-corrected chi connectivity index (χ4v) is 9.25. The SMILES string of the molecule is CC1(C)c2ccccc2N(c2ccc3c(c2)C(C)(C)c2c-3c3ccccc3c3c4ccccc4c4ccccc4c23)c2ccccc21. The molecule has 224 valence electrons. The summed E-state index contributed by atoms with van der Waals surface area (Å²) in [7, 11) is 0. The minimum Gasteiger partial charge on any atom is -0.310 e. The highest BCUT2D eigenvalue weighted by molar-refractivity contribution is 6.35. The fraction of sp³-hybridized carbons (Fsp3) is 0.130. The fourth-order valence-electron chi connectivity index (χ4n) is 9.25. The van der Waals surface area contributed by atoms with Crippen molar-refractivity contribution in [2.24, 2.45) is 0 Å². The van der Waals surface area contributed by atoms with Gasteiger partial charge in [-0.15, -0.1) is 0 Å². The van der Waals surface area contributed by atoms with Crippen LogP contribution in [-0.2, 0) is 10.8 Å². The van der Waals surface area contributed by atoms with Gasteiger partial charge in [-0.2, -0.15) is 0 Å². The van der Waals surface area contributed by atoms with E-state index in [0.717, 1.165) is 0 Å². The van der Waals surface area contributed by atoms with Gasteiger partial charge in [0.1, 0.15) is 0 Å². The van der Waals surface area contributed by atoms with Crippen LogP contribution in [0.1, 0.15) is 49.9 Å². The third-order valence-corrected chi connectivity index (χ3v) is 11.4. The topological polar surface area (TPSA) is 3.24 Å². The Hall–Kier alpha value is -5.40. The molecular formula is C46H35N. The van der Waals surface area contributed by atoms with Crippen molar-refractivity contribution in [1.29, 1.82) is 0 Å². The first-order chi connectivity index (χ1) is 22.9. The van der Waals surface area contributed by atoms with E-state index in [1.54, 1.807) is 0 Å². The summed E-state index contributed by atoms with van der Waals surface area (Å²) in [5.74, 6) is 0. The second kappa shape index (κ2) is 9.11. The minimum absolute atomic E-state index is 0.0857. The Balaban J connectivity index is 1.31. The highest BCUT2D eigenvalue weighted by Crippen LogP contribution is 2.59. The predicted octanol–water partition coefficient (Wildman–Crippen LogP) is 12.7. The molecule has 0 N–H and O–H groups in total. The molecule has 0 amide bonds. The smallest absolute Gasteiger partial charge is 0.0502 e. The van der Waals surface area contributed by atoms with Gasteiger partial charge < -0.3 is 4.90 Å². The number of fused-ring (bicyclic) bond motifs is 15. The number of hydrogen-bond acceptors (Lipinski definition) is 1. The second-order valence-corrected chi connectivity index (χ2v) is 14.5. The summed E-state index contributed by atoms with van der Waals surface area (Å²) in [5, 5.41) is 10.7. The average Bonchev–Trinajstić information content (AvgIpc) is 3.34. The van der Waals surface area contributed by atoms with Gasteiger partial charge >= 0.3 is 0 Å². The normalized spacial score (nSPS) is 15.5. The van der Waals surface area contributed by atoms with Crippen molar-refractivity contribution in [2.45, 2.75) is 38.5 Å².